The van der Waals surface area contributed by atoms with E-state index in [1.54, 1.807) is 0 Å². The summed E-state index contributed by atoms with van der Waals surface area (Å²) in [4.78, 5) is 16.8. The molecule has 5 nitrogen and oxygen atoms in total. The topological polar surface area (TPSA) is 50.8 Å². The van der Waals surface area contributed by atoms with Gasteiger partial charge in [0.2, 0.25) is 0 Å². The van der Waals surface area contributed by atoms with E-state index in [-0.39, 0.29) is 29.2 Å². The van der Waals surface area contributed by atoms with Crippen LogP contribution in [-0.4, -0.2) is 51.0 Å². The van der Waals surface area contributed by atoms with E-state index in [9.17, 15) is 4.79 Å². The van der Waals surface area contributed by atoms with E-state index in [4.69, 9.17) is 9.16 Å². The molecular weight excluding hydrogens is 748 g/mol. The predicted octanol–water partition coefficient (Wildman–Crippen LogP) is 8.45. The molecule has 9 rings (SSSR count). The summed E-state index contributed by atoms with van der Waals surface area (Å²) in [7, 11) is -2.38. The Morgan fingerprint density at radius 2 is 1.34 bits per heavy atom. The number of nitrogens with one attached hydrogen (secondary N) is 1. The third-order valence-corrected chi connectivity index (χ3v) is 20.6. The van der Waals surface area contributed by atoms with Crippen molar-refractivity contribution in [3.63, 3.8) is 0 Å². The van der Waals surface area contributed by atoms with E-state index in [2.05, 4.69) is 203 Å². The molecule has 1 N–H and O–H groups in total. The monoisotopic (exact) mass is 799 g/mol. The molecule has 293 valence electrons. The van der Waals surface area contributed by atoms with Crippen LogP contribution in [0.4, 0.5) is 5.69 Å². The average Bonchev–Trinajstić information content (AvgIpc) is 3.99. The van der Waals surface area contributed by atoms with Gasteiger partial charge in [-0.15, -0.1) is 0 Å². The number of fused-ring (bicyclic) bond motifs is 1. The van der Waals surface area contributed by atoms with Crippen molar-refractivity contribution in [2.45, 2.75) is 69.2 Å². The highest BCUT2D eigenvalue weighted by molar-refractivity contribution is 7.76. The normalized spacial score (nSPS) is 23.0. The average molecular weight is 800 g/mol. The SMILES string of the molecule is COC(=O)C1=C2Nc3ccccc3[C@]23CCN([C@@H](C)[C]2[CH][CH][CH][C]2P(c2ccccc2)c2ccccc2)[C@@H]3[C@@H](O[Si](c2ccccc2)(c2ccccc2)C(C)(C)C)C1. The lowest BCUT2D eigenvalue weighted by molar-refractivity contribution is -0.137. The lowest BCUT2D eigenvalue weighted by atomic mass is 9.66. The smallest absolute Gasteiger partial charge is 0.335 e. The summed E-state index contributed by atoms with van der Waals surface area (Å²) in [6.07, 6.45) is 7.92. The number of likely N-dealkylation sites (tertiary alicyclic amines) is 1. The third kappa shape index (κ3) is 6.34. The molecule has 0 amide bonds. The number of carbonyl (C=O) groups is 1. The summed E-state index contributed by atoms with van der Waals surface area (Å²) in [5, 5.41) is 8.71. The van der Waals surface area contributed by atoms with Gasteiger partial charge in [0.15, 0.2) is 0 Å². The first-order valence-electron chi connectivity index (χ1n) is 20.6. The lowest BCUT2D eigenvalue weighted by Crippen LogP contribution is -2.70. The maximum atomic E-state index is 14.1. The predicted molar refractivity (Wildman–Crippen MR) is 241 cm³/mol. The van der Waals surface area contributed by atoms with E-state index in [0.29, 0.717) is 12.0 Å². The lowest BCUT2D eigenvalue weighted by Gasteiger charge is -2.52. The van der Waals surface area contributed by atoms with E-state index < -0.39 is 21.7 Å². The fraction of sp³-hybridized carbons (Fsp3) is 0.255. The first-order chi connectivity index (χ1) is 28.2. The highest BCUT2D eigenvalue weighted by Crippen LogP contribution is 2.62. The maximum absolute atomic E-state index is 14.1. The molecule has 2 heterocycles. The number of methoxy groups -OCH3 is 1. The molecule has 2 aliphatic carbocycles. The molecule has 0 bridgehead atoms. The van der Waals surface area contributed by atoms with Crippen molar-refractivity contribution >= 4 is 48.9 Å². The Kier molecular flexibility index (Phi) is 10.6. The number of hydrogen-bond acceptors (Lipinski definition) is 5. The molecule has 1 spiro atoms. The quantitative estimate of drug-likeness (QED) is 0.0874. The summed E-state index contributed by atoms with van der Waals surface area (Å²) < 4.78 is 13.8. The Morgan fingerprint density at radius 3 is 1.91 bits per heavy atom. The van der Waals surface area contributed by atoms with Crippen LogP contribution in [0.3, 0.4) is 0 Å². The minimum atomic E-state index is -3.08. The van der Waals surface area contributed by atoms with Gasteiger partial charge in [-0.2, -0.15) is 0 Å². The molecule has 5 aromatic rings. The van der Waals surface area contributed by atoms with E-state index in [1.807, 2.05) is 0 Å². The number of benzene rings is 5. The fourth-order valence-corrected chi connectivity index (χ4v) is 17.8. The first kappa shape index (κ1) is 39.2. The van der Waals surface area contributed by atoms with Crippen LogP contribution in [0.5, 0.6) is 0 Å². The number of hydrogen-bond donors (Lipinski definition) is 1. The zero-order valence-corrected chi connectivity index (χ0v) is 36.0. The van der Waals surface area contributed by atoms with E-state index >= 15 is 0 Å². The number of nitrogens with zero attached hydrogens (tertiary/aromatic N) is 1. The molecule has 1 saturated heterocycles. The second-order valence-electron chi connectivity index (χ2n) is 17.0. The Bertz CT molecular complexity index is 2180. The molecule has 4 atom stereocenters. The Balaban J connectivity index is 1.21. The Morgan fingerprint density at radius 1 is 0.793 bits per heavy atom. The van der Waals surface area contributed by atoms with Gasteiger partial charge in [-0.05, 0) is 78.2 Å². The number of para-hydroxylation sites is 1. The van der Waals surface area contributed by atoms with Crippen molar-refractivity contribution in [2.75, 3.05) is 19.0 Å². The molecular formula is C51H52N2O3PSi. The number of rotatable bonds is 10. The van der Waals surface area contributed by atoms with E-state index in [1.165, 1.54) is 45.2 Å². The number of ether oxygens (including phenoxy) is 1. The summed E-state index contributed by atoms with van der Waals surface area (Å²) in [6.45, 7) is 10.3. The van der Waals surface area contributed by atoms with Crippen LogP contribution in [0.15, 0.2) is 157 Å². The standard InChI is InChI=1S/C51H52N2O3PSi/c1-36(41-29-20-32-46(41)57(37-21-10-6-11-22-37)38-23-12-7-13-24-38)53-34-33-51-43-30-18-19-31-44(43)52-47(51)42(49(54)55-5)35-45(48(51)53)56-58(50(2,3)4,39-25-14-8-15-26-39)40-27-16-9-17-28-40/h6-32,36,45,48,52H,33-35H2,1-5H3/t36-,45-,48+,51+/m0/s1. The molecule has 7 heteroatoms. The van der Waals surface area contributed by atoms with Crippen LogP contribution in [-0.2, 0) is 19.4 Å². The minimum absolute atomic E-state index is 0.0609. The number of carbonyl (C=O) groups excluding carboxylic acids is 1. The second kappa shape index (κ2) is 15.7. The highest BCUT2D eigenvalue weighted by atomic mass is 31.1. The van der Waals surface area contributed by atoms with Crippen molar-refractivity contribution in [3.8, 4) is 0 Å². The summed E-state index contributed by atoms with van der Waals surface area (Å²) in [5.74, 6) is 1.06. The summed E-state index contributed by atoms with van der Waals surface area (Å²) in [5.41, 5.74) is 4.87. The maximum Gasteiger partial charge on any atom is 0.335 e. The van der Waals surface area contributed by atoms with Crippen LogP contribution >= 0.6 is 7.92 Å². The van der Waals surface area contributed by atoms with Gasteiger partial charge in [-0.1, -0.05) is 160 Å². The van der Waals surface area contributed by atoms with E-state index in [0.717, 1.165) is 24.4 Å². The van der Waals surface area contributed by atoms with Crippen LogP contribution in [0.1, 0.15) is 46.1 Å². The zero-order chi connectivity index (χ0) is 40.1. The van der Waals surface area contributed by atoms with Crippen LogP contribution < -0.4 is 26.3 Å². The number of anilines is 1. The van der Waals surface area contributed by atoms with Crippen molar-refractivity contribution in [3.05, 3.63) is 193 Å². The second-order valence-corrected chi connectivity index (χ2v) is 23.4. The van der Waals surface area contributed by atoms with Gasteiger partial charge >= 0.3 is 5.97 Å². The summed E-state index contributed by atoms with van der Waals surface area (Å²) >= 11 is 0. The van der Waals surface area contributed by atoms with Crippen LogP contribution in [0.2, 0.25) is 5.04 Å². The van der Waals surface area contributed by atoms with Crippen LogP contribution in [0, 0.1) is 30.8 Å². The van der Waals surface area contributed by atoms with Gasteiger partial charge in [0, 0.05) is 42.0 Å². The molecule has 5 aromatic carbocycles. The Labute approximate surface area is 347 Å². The largest absolute Gasteiger partial charge is 0.466 e. The van der Waals surface area contributed by atoms with Gasteiger partial charge in [0.25, 0.3) is 8.32 Å². The molecule has 1 saturated carbocycles. The molecule has 0 aromatic heterocycles. The van der Waals surface area contributed by atoms with Crippen molar-refractivity contribution in [2.24, 2.45) is 0 Å². The minimum Gasteiger partial charge on any atom is -0.466 e. The zero-order valence-electron chi connectivity index (χ0n) is 34.1. The molecule has 2 fully saturated rings. The van der Waals surface area contributed by atoms with Gasteiger partial charge in [0.05, 0.1) is 30.2 Å². The van der Waals surface area contributed by atoms with Gasteiger partial charge in [-0.25, -0.2) is 4.79 Å². The molecule has 0 unspecified atom stereocenters. The highest BCUT2D eigenvalue weighted by Gasteiger charge is 2.65. The third-order valence-electron chi connectivity index (χ3n) is 13.0. The van der Waals surface area contributed by atoms with Crippen molar-refractivity contribution in [1.82, 2.24) is 4.90 Å². The van der Waals surface area contributed by atoms with Gasteiger partial charge in [-0.3, -0.25) is 4.90 Å². The molecule has 58 heavy (non-hydrogen) atoms. The Hall–Kier alpha value is -4.32. The van der Waals surface area contributed by atoms with Crippen molar-refractivity contribution in [1.29, 1.82) is 0 Å². The molecule has 5 radical (unpaired) electrons. The van der Waals surface area contributed by atoms with Gasteiger partial charge in [0.1, 0.15) is 0 Å². The van der Waals surface area contributed by atoms with Crippen molar-refractivity contribution < 1.29 is 14.0 Å². The number of esters is 1. The molecule has 2 aliphatic heterocycles. The first-order valence-corrected chi connectivity index (χ1v) is 23.8. The summed E-state index contributed by atoms with van der Waals surface area (Å²) in [6, 6.07) is 52.5. The van der Waals surface area contributed by atoms with Gasteiger partial charge < -0.3 is 14.5 Å². The molecule has 4 aliphatic rings. The fourth-order valence-electron chi connectivity index (χ4n) is 10.6. The van der Waals surface area contributed by atoms with Crippen LogP contribution in [0.25, 0.3) is 0 Å².